The van der Waals surface area contributed by atoms with Crippen LogP contribution in [-0.2, 0) is 9.59 Å². The van der Waals surface area contributed by atoms with Gasteiger partial charge in [-0.1, -0.05) is 6.07 Å². The quantitative estimate of drug-likeness (QED) is 0.561. The standard InChI is InChI=1S/C20H21N3O4S2/c1-12(24)21-14(18-5-4-8-28-18)10-19(25)23-20-22-15(11-29-20)13-6-7-16(26-2)17(9-13)27-3/h4-9,11,14H,10H2,1-3H3,(H,21,24)(H,22,23,25). The number of nitrogens with zero attached hydrogens (tertiary/aromatic N) is 1. The molecule has 1 atom stereocenters. The third-order valence-corrected chi connectivity index (χ3v) is 5.83. The maximum atomic E-state index is 12.5. The van der Waals surface area contributed by atoms with Crippen LogP contribution >= 0.6 is 22.7 Å². The van der Waals surface area contributed by atoms with Crippen LogP contribution in [0.1, 0.15) is 24.3 Å². The van der Waals surface area contributed by atoms with E-state index in [1.807, 2.05) is 41.1 Å². The summed E-state index contributed by atoms with van der Waals surface area (Å²) in [5.74, 6) is 0.849. The van der Waals surface area contributed by atoms with E-state index in [9.17, 15) is 9.59 Å². The lowest BCUT2D eigenvalue weighted by molar-refractivity contribution is -0.120. The second-order valence-corrected chi connectivity index (χ2v) is 7.97. The molecule has 0 aliphatic rings. The van der Waals surface area contributed by atoms with Crippen molar-refractivity contribution in [3.8, 4) is 22.8 Å². The molecule has 1 unspecified atom stereocenters. The van der Waals surface area contributed by atoms with Crippen molar-refractivity contribution in [3.63, 3.8) is 0 Å². The van der Waals surface area contributed by atoms with Crippen LogP contribution in [0.5, 0.6) is 11.5 Å². The molecule has 9 heteroatoms. The van der Waals surface area contributed by atoms with Crippen molar-refractivity contribution in [2.75, 3.05) is 19.5 Å². The minimum Gasteiger partial charge on any atom is -0.493 e. The maximum Gasteiger partial charge on any atom is 0.228 e. The van der Waals surface area contributed by atoms with Crippen LogP contribution in [0.4, 0.5) is 5.13 Å². The molecule has 0 bridgehead atoms. The van der Waals surface area contributed by atoms with Crippen LogP contribution in [0.3, 0.4) is 0 Å². The van der Waals surface area contributed by atoms with Gasteiger partial charge >= 0.3 is 0 Å². The average molecular weight is 432 g/mol. The zero-order chi connectivity index (χ0) is 20.8. The topological polar surface area (TPSA) is 89.6 Å². The van der Waals surface area contributed by atoms with Gasteiger partial charge < -0.3 is 20.1 Å². The van der Waals surface area contributed by atoms with E-state index >= 15 is 0 Å². The molecule has 2 aromatic heterocycles. The van der Waals surface area contributed by atoms with Crippen molar-refractivity contribution in [1.29, 1.82) is 0 Å². The predicted octanol–water partition coefficient (Wildman–Crippen LogP) is 4.09. The van der Waals surface area contributed by atoms with Crippen molar-refractivity contribution in [2.45, 2.75) is 19.4 Å². The summed E-state index contributed by atoms with van der Waals surface area (Å²) in [6.07, 6.45) is 0.130. The number of methoxy groups -OCH3 is 2. The first-order chi connectivity index (χ1) is 14.0. The maximum absolute atomic E-state index is 12.5. The van der Waals surface area contributed by atoms with Gasteiger partial charge in [0.1, 0.15) is 0 Å². The van der Waals surface area contributed by atoms with Gasteiger partial charge in [-0.3, -0.25) is 9.59 Å². The first kappa shape index (κ1) is 20.8. The highest BCUT2D eigenvalue weighted by molar-refractivity contribution is 7.14. The normalized spacial score (nSPS) is 11.6. The van der Waals surface area contributed by atoms with E-state index in [2.05, 4.69) is 15.6 Å². The van der Waals surface area contributed by atoms with Gasteiger partial charge in [0.2, 0.25) is 11.8 Å². The molecule has 0 spiro atoms. The Hall–Kier alpha value is -2.91. The lowest BCUT2D eigenvalue weighted by Crippen LogP contribution is -2.29. The van der Waals surface area contributed by atoms with E-state index in [1.165, 1.54) is 29.6 Å². The minimum absolute atomic E-state index is 0.130. The molecule has 0 aliphatic carbocycles. The van der Waals surface area contributed by atoms with Gasteiger partial charge in [0.15, 0.2) is 16.6 Å². The Morgan fingerprint density at radius 2 is 1.93 bits per heavy atom. The molecule has 2 heterocycles. The molecule has 29 heavy (non-hydrogen) atoms. The number of hydrogen-bond acceptors (Lipinski definition) is 7. The number of thiophene rings is 1. The highest BCUT2D eigenvalue weighted by Gasteiger charge is 2.19. The number of benzene rings is 1. The summed E-state index contributed by atoms with van der Waals surface area (Å²) in [4.78, 5) is 29.4. The van der Waals surface area contributed by atoms with E-state index in [0.29, 0.717) is 16.6 Å². The third-order valence-electron chi connectivity index (χ3n) is 4.08. The summed E-state index contributed by atoms with van der Waals surface area (Å²) in [6.45, 7) is 1.44. The van der Waals surface area contributed by atoms with Gasteiger partial charge in [0, 0.05) is 22.7 Å². The SMILES string of the molecule is COc1ccc(-c2csc(NC(=O)CC(NC(C)=O)c3cccs3)n2)cc1OC. The summed E-state index contributed by atoms with van der Waals surface area (Å²) in [6, 6.07) is 8.96. The fourth-order valence-corrected chi connectivity index (χ4v) is 4.29. The molecule has 0 radical (unpaired) electrons. The molecule has 3 rings (SSSR count). The number of nitrogens with one attached hydrogen (secondary N) is 2. The lowest BCUT2D eigenvalue weighted by atomic mass is 10.1. The number of aromatic nitrogens is 1. The Labute approximate surface area is 176 Å². The lowest BCUT2D eigenvalue weighted by Gasteiger charge is -2.15. The molecule has 3 aromatic rings. The summed E-state index contributed by atoms with van der Waals surface area (Å²) in [7, 11) is 3.16. The molecule has 0 saturated carbocycles. The smallest absolute Gasteiger partial charge is 0.228 e. The number of rotatable bonds is 8. The van der Waals surface area contributed by atoms with E-state index in [1.54, 1.807) is 14.2 Å². The van der Waals surface area contributed by atoms with E-state index in [0.717, 1.165) is 16.1 Å². The highest BCUT2D eigenvalue weighted by Crippen LogP contribution is 2.33. The van der Waals surface area contributed by atoms with Gasteiger partial charge in [0.05, 0.1) is 32.4 Å². The molecule has 0 saturated heterocycles. The van der Waals surface area contributed by atoms with E-state index in [-0.39, 0.29) is 24.3 Å². The number of hydrogen-bond donors (Lipinski definition) is 2. The molecule has 0 aliphatic heterocycles. The minimum atomic E-state index is -0.363. The number of amides is 2. The Bertz CT molecular complexity index is 986. The van der Waals surface area contributed by atoms with Crippen LogP contribution < -0.4 is 20.1 Å². The second kappa shape index (κ2) is 9.53. The summed E-state index contributed by atoms with van der Waals surface area (Å²) in [5, 5.41) is 9.91. The summed E-state index contributed by atoms with van der Waals surface area (Å²) >= 11 is 2.83. The summed E-state index contributed by atoms with van der Waals surface area (Å²) < 4.78 is 10.6. The molecule has 152 valence electrons. The fourth-order valence-electron chi connectivity index (χ4n) is 2.77. The highest BCUT2D eigenvalue weighted by atomic mass is 32.1. The number of carbonyl (C=O) groups excluding carboxylic acids is 2. The van der Waals surface area contributed by atoms with E-state index in [4.69, 9.17) is 9.47 Å². The largest absolute Gasteiger partial charge is 0.493 e. The zero-order valence-electron chi connectivity index (χ0n) is 16.2. The molecular weight excluding hydrogens is 410 g/mol. The third kappa shape index (κ3) is 5.33. The van der Waals surface area contributed by atoms with Crippen LogP contribution in [0.25, 0.3) is 11.3 Å². The van der Waals surface area contributed by atoms with E-state index < -0.39 is 0 Å². The monoisotopic (exact) mass is 431 g/mol. The zero-order valence-corrected chi connectivity index (χ0v) is 17.9. The fraction of sp³-hybridized carbons (Fsp3) is 0.250. The second-order valence-electron chi connectivity index (χ2n) is 6.13. The molecule has 2 N–H and O–H groups in total. The Balaban J connectivity index is 1.69. The summed E-state index contributed by atoms with van der Waals surface area (Å²) in [5.41, 5.74) is 1.58. The number of carbonyl (C=O) groups is 2. The molecule has 0 fully saturated rings. The Kier molecular flexibility index (Phi) is 6.84. The Morgan fingerprint density at radius 1 is 1.14 bits per heavy atom. The van der Waals surface area contributed by atoms with Crippen molar-refractivity contribution < 1.29 is 19.1 Å². The molecular formula is C20H21N3O4S2. The van der Waals surface area contributed by atoms with Crippen molar-refractivity contribution in [2.24, 2.45) is 0 Å². The van der Waals surface area contributed by atoms with Crippen molar-refractivity contribution in [3.05, 3.63) is 46.0 Å². The van der Waals surface area contributed by atoms with Gasteiger partial charge in [-0.2, -0.15) is 0 Å². The molecule has 1 aromatic carbocycles. The van der Waals surface area contributed by atoms with Gasteiger partial charge in [-0.25, -0.2) is 4.98 Å². The van der Waals surface area contributed by atoms with Crippen LogP contribution in [-0.4, -0.2) is 31.0 Å². The number of anilines is 1. The number of ether oxygens (including phenoxy) is 2. The van der Waals surface area contributed by atoms with Crippen LogP contribution in [0.2, 0.25) is 0 Å². The average Bonchev–Trinajstić information content (AvgIpc) is 3.38. The first-order valence-corrected chi connectivity index (χ1v) is 10.5. The van der Waals surface area contributed by atoms with Crippen molar-refractivity contribution >= 4 is 39.6 Å². The Morgan fingerprint density at radius 3 is 2.59 bits per heavy atom. The van der Waals surface area contributed by atoms with Gasteiger partial charge in [0.25, 0.3) is 0 Å². The van der Waals surface area contributed by atoms with Gasteiger partial charge in [-0.15, -0.1) is 22.7 Å². The van der Waals surface area contributed by atoms with Crippen LogP contribution in [0, 0.1) is 0 Å². The first-order valence-electron chi connectivity index (χ1n) is 8.78. The molecule has 2 amide bonds. The van der Waals surface area contributed by atoms with Gasteiger partial charge in [-0.05, 0) is 29.6 Å². The molecule has 7 nitrogen and oxygen atoms in total. The number of thiazole rings is 1. The predicted molar refractivity (Wildman–Crippen MR) is 115 cm³/mol. The van der Waals surface area contributed by atoms with Crippen LogP contribution in [0.15, 0.2) is 41.1 Å². The van der Waals surface area contributed by atoms with Crippen molar-refractivity contribution in [1.82, 2.24) is 10.3 Å².